The number of hydrogen-bond acceptors (Lipinski definition) is 0. The molecule has 0 spiro atoms. The van der Waals surface area contributed by atoms with Crippen molar-refractivity contribution in [2.45, 2.75) is 52.9 Å². The SMILES string of the molecule is CCC1C=CC(CCC2C=C(C)C(C)=CC2)=CC1. The smallest absolute Gasteiger partial charge is 0.0190 e. The normalized spacial score (nSPS) is 27.6. The second kappa shape index (κ2) is 6.22. The lowest BCUT2D eigenvalue weighted by atomic mass is 9.86. The van der Waals surface area contributed by atoms with Gasteiger partial charge < -0.3 is 0 Å². The maximum absolute atomic E-state index is 2.47. The average molecular weight is 242 g/mol. The van der Waals surface area contributed by atoms with Crippen LogP contribution in [0.4, 0.5) is 0 Å². The molecule has 18 heavy (non-hydrogen) atoms. The van der Waals surface area contributed by atoms with Crippen molar-refractivity contribution in [3.63, 3.8) is 0 Å². The lowest BCUT2D eigenvalue weighted by Gasteiger charge is -2.19. The Bertz CT molecular complexity index is 404. The highest BCUT2D eigenvalue weighted by atomic mass is 14.2. The summed E-state index contributed by atoms with van der Waals surface area (Å²) in [6, 6.07) is 0. The Morgan fingerprint density at radius 2 is 1.83 bits per heavy atom. The van der Waals surface area contributed by atoms with Crippen LogP contribution in [-0.4, -0.2) is 0 Å². The number of allylic oxidation sites excluding steroid dienone is 8. The fraction of sp³-hybridized carbons (Fsp3) is 0.556. The van der Waals surface area contributed by atoms with Gasteiger partial charge in [-0.1, -0.05) is 54.0 Å². The molecule has 0 heteroatoms. The molecular formula is C18H26. The third kappa shape index (κ3) is 3.48. The standard InChI is InChI=1S/C18H26/c1-4-16-7-9-17(10-8-16)11-12-18-6-5-14(2)15(3)13-18/h5,7,9-10,13,16,18H,4,6,8,11-12H2,1-3H3. The molecule has 0 bridgehead atoms. The lowest BCUT2D eigenvalue weighted by Crippen LogP contribution is -2.04. The highest BCUT2D eigenvalue weighted by molar-refractivity contribution is 5.31. The minimum atomic E-state index is 0.756. The minimum absolute atomic E-state index is 0.756. The van der Waals surface area contributed by atoms with Gasteiger partial charge in [0.1, 0.15) is 0 Å². The van der Waals surface area contributed by atoms with Crippen LogP contribution >= 0.6 is 0 Å². The van der Waals surface area contributed by atoms with Crippen LogP contribution in [0.3, 0.4) is 0 Å². The largest absolute Gasteiger partial charge is 0.0809 e. The van der Waals surface area contributed by atoms with Gasteiger partial charge >= 0.3 is 0 Å². The van der Waals surface area contributed by atoms with Gasteiger partial charge in [0.05, 0.1) is 0 Å². The van der Waals surface area contributed by atoms with Crippen molar-refractivity contribution >= 4 is 0 Å². The Kier molecular flexibility index (Phi) is 4.63. The minimum Gasteiger partial charge on any atom is -0.0809 e. The second-order valence-corrected chi connectivity index (χ2v) is 5.81. The van der Waals surface area contributed by atoms with Crippen molar-refractivity contribution in [3.05, 3.63) is 47.1 Å². The molecule has 98 valence electrons. The Hall–Kier alpha value is -1.04. The summed E-state index contributed by atoms with van der Waals surface area (Å²) in [6.07, 6.45) is 18.4. The van der Waals surface area contributed by atoms with Crippen LogP contribution in [0.15, 0.2) is 47.1 Å². The molecule has 0 N–H and O–H groups in total. The number of hydrogen-bond donors (Lipinski definition) is 0. The van der Waals surface area contributed by atoms with Crippen molar-refractivity contribution in [2.24, 2.45) is 11.8 Å². The molecule has 0 fully saturated rings. The van der Waals surface area contributed by atoms with E-state index in [4.69, 9.17) is 0 Å². The van der Waals surface area contributed by atoms with Gasteiger partial charge in [-0.05, 0) is 57.8 Å². The zero-order chi connectivity index (χ0) is 13.0. The first-order chi connectivity index (χ1) is 8.69. The van der Waals surface area contributed by atoms with Crippen LogP contribution in [-0.2, 0) is 0 Å². The summed E-state index contributed by atoms with van der Waals surface area (Å²) < 4.78 is 0. The third-order valence-corrected chi connectivity index (χ3v) is 4.43. The summed E-state index contributed by atoms with van der Waals surface area (Å²) in [5.74, 6) is 1.54. The van der Waals surface area contributed by atoms with E-state index < -0.39 is 0 Å². The van der Waals surface area contributed by atoms with Crippen LogP contribution in [0, 0.1) is 11.8 Å². The predicted octanol–water partition coefficient (Wildman–Crippen LogP) is 5.59. The average Bonchev–Trinajstić information content (AvgIpc) is 2.41. The highest BCUT2D eigenvalue weighted by Crippen LogP contribution is 2.28. The molecule has 0 saturated carbocycles. The first-order valence-electron chi connectivity index (χ1n) is 7.41. The maximum atomic E-state index is 2.47. The van der Waals surface area contributed by atoms with E-state index in [0.717, 1.165) is 11.8 Å². The van der Waals surface area contributed by atoms with Crippen LogP contribution in [0.25, 0.3) is 0 Å². The van der Waals surface area contributed by atoms with Gasteiger partial charge in [-0.25, -0.2) is 0 Å². The Labute approximate surface area is 112 Å². The first kappa shape index (κ1) is 13.4. The first-order valence-corrected chi connectivity index (χ1v) is 7.41. The summed E-state index contributed by atoms with van der Waals surface area (Å²) in [7, 11) is 0. The van der Waals surface area contributed by atoms with E-state index in [1.165, 1.54) is 43.3 Å². The molecule has 2 unspecified atom stereocenters. The second-order valence-electron chi connectivity index (χ2n) is 5.81. The highest BCUT2D eigenvalue weighted by Gasteiger charge is 2.12. The fourth-order valence-corrected chi connectivity index (χ4v) is 2.79. The van der Waals surface area contributed by atoms with E-state index in [1.54, 1.807) is 5.57 Å². The van der Waals surface area contributed by atoms with Crippen molar-refractivity contribution < 1.29 is 0 Å². The monoisotopic (exact) mass is 242 g/mol. The van der Waals surface area contributed by atoms with Crippen molar-refractivity contribution in [3.8, 4) is 0 Å². The molecule has 2 rings (SSSR count). The maximum Gasteiger partial charge on any atom is -0.0190 e. The molecule has 2 aliphatic carbocycles. The molecule has 0 nitrogen and oxygen atoms in total. The molecule has 0 radical (unpaired) electrons. The van der Waals surface area contributed by atoms with E-state index in [0.29, 0.717) is 0 Å². The van der Waals surface area contributed by atoms with Gasteiger partial charge in [0, 0.05) is 0 Å². The van der Waals surface area contributed by atoms with Crippen molar-refractivity contribution in [1.29, 1.82) is 0 Å². The van der Waals surface area contributed by atoms with E-state index >= 15 is 0 Å². The zero-order valence-electron chi connectivity index (χ0n) is 12.1. The molecule has 0 aliphatic heterocycles. The fourth-order valence-electron chi connectivity index (χ4n) is 2.79. The third-order valence-electron chi connectivity index (χ3n) is 4.43. The quantitative estimate of drug-likeness (QED) is 0.602. The molecular weight excluding hydrogens is 216 g/mol. The summed E-state index contributed by atoms with van der Waals surface area (Å²) in [5, 5.41) is 0. The summed E-state index contributed by atoms with van der Waals surface area (Å²) in [4.78, 5) is 0. The molecule has 0 heterocycles. The summed E-state index contributed by atoms with van der Waals surface area (Å²) in [5.41, 5.74) is 4.50. The van der Waals surface area contributed by atoms with E-state index in [9.17, 15) is 0 Å². The van der Waals surface area contributed by atoms with Gasteiger partial charge in [0.2, 0.25) is 0 Å². The van der Waals surface area contributed by atoms with Gasteiger partial charge in [-0.15, -0.1) is 0 Å². The Morgan fingerprint density at radius 3 is 2.44 bits per heavy atom. The summed E-state index contributed by atoms with van der Waals surface area (Å²) >= 11 is 0. The van der Waals surface area contributed by atoms with Gasteiger partial charge in [0.15, 0.2) is 0 Å². The van der Waals surface area contributed by atoms with E-state index in [1.807, 2.05) is 0 Å². The molecule has 0 aromatic heterocycles. The topological polar surface area (TPSA) is 0 Å². The zero-order valence-corrected chi connectivity index (χ0v) is 12.1. The van der Waals surface area contributed by atoms with Gasteiger partial charge in [-0.2, -0.15) is 0 Å². The molecule has 0 aromatic carbocycles. The molecule has 2 aliphatic rings. The lowest BCUT2D eigenvalue weighted by molar-refractivity contribution is 0.579. The van der Waals surface area contributed by atoms with Crippen LogP contribution < -0.4 is 0 Å². The van der Waals surface area contributed by atoms with Crippen LogP contribution in [0.2, 0.25) is 0 Å². The molecule has 0 amide bonds. The van der Waals surface area contributed by atoms with E-state index in [2.05, 4.69) is 51.2 Å². The van der Waals surface area contributed by atoms with Crippen LogP contribution in [0.1, 0.15) is 52.9 Å². The molecule has 0 saturated heterocycles. The Morgan fingerprint density at radius 1 is 1.06 bits per heavy atom. The van der Waals surface area contributed by atoms with Crippen LogP contribution in [0.5, 0.6) is 0 Å². The predicted molar refractivity (Wildman–Crippen MR) is 80.5 cm³/mol. The molecule has 2 atom stereocenters. The molecule has 0 aromatic rings. The summed E-state index contributed by atoms with van der Waals surface area (Å²) in [6.45, 7) is 6.74. The Balaban J connectivity index is 1.80. The number of rotatable bonds is 4. The van der Waals surface area contributed by atoms with E-state index in [-0.39, 0.29) is 0 Å². The van der Waals surface area contributed by atoms with Crippen molar-refractivity contribution in [2.75, 3.05) is 0 Å². The van der Waals surface area contributed by atoms with Gasteiger partial charge in [-0.3, -0.25) is 0 Å². The van der Waals surface area contributed by atoms with Gasteiger partial charge in [0.25, 0.3) is 0 Å². The van der Waals surface area contributed by atoms with Crippen molar-refractivity contribution in [1.82, 2.24) is 0 Å².